The van der Waals surface area contributed by atoms with E-state index in [2.05, 4.69) is 10.2 Å². The number of anilines is 1. The lowest BCUT2D eigenvalue weighted by molar-refractivity contribution is -0.122. The zero-order valence-electron chi connectivity index (χ0n) is 16.4. The molecular formula is C21H28N4O2. The topological polar surface area (TPSA) is 65.5 Å². The fraction of sp³-hybridized carbons (Fsp3) is 0.476. The minimum Gasteiger partial charge on any atom is -0.356 e. The van der Waals surface area contributed by atoms with E-state index in [1.165, 1.54) is 0 Å². The van der Waals surface area contributed by atoms with Crippen LogP contribution < -0.4 is 10.2 Å². The fourth-order valence-corrected chi connectivity index (χ4v) is 3.47. The van der Waals surface area contributed by atoms with Gasteiger partial charge in [0.15, 0.2) is 0 Å². The van der Waals surface area contributed by atoms with Crippen LogP contribution in [0.2, 0.25) is 0 Å². The van der Waals surface area contributed by atoms with Gasteiger partial charge in [-0.25, -0.2) is 4.98 Å². The lowest BCUT2D eigenvalue weighted by Crippen LogP contribution is -2.43. The lowest BCUT2D eigenvalue weighted by atomic mass is 10.1. The van der Waals surface area contributed by atoms with Gasteiger partial charge in [-0.1, -0.05) is 18.2 Å². The summed E-state index contributed by atoms with van der Waals surface area (Å²) in [6.07, 6.45) is 2.22. The van der Waals surface area contributed by atoms with Crippen LogP contribution in [-0.2, 0) is 4.79 Å². The Morgan fingerprint density at radius 3 is 2.59 bits per heavy atom. The molecule has 144 valence electrons. The Labute approximate surface area is 160 Å². The van der Waals surface area contributed by atoms with E-state index >= 15 is 0 Å². The van der Waals surface area contributed by atoms with Gasteiger partial charge in [0, 0.05) is 31.1 Å². The maximum Gasteiger partial charge on any atom is 0.258 e. The van der Waals surface area contributed by atoms with Crippen molar-refractivity contribution in [3.8, 4) is 0 Å². The molecule has 27 heavy (non-hydrogen) atoms. The van der Waals surface area contributed by atoms with E-state index in [1.807, 2.05) is 51.1 Å². The summed E-state index contributed by atoms with van der Waals surface area (Å²) in [6, 6.07) is 9.81. The number of carbonyl (C=O) groups is 2. The fourth-order valence-electron chi connectivity index (χ4n) is 3.47. The van der Waals surface area contributed by atoms with Gasteiger partial charge in [0.25, 0.3) is 5.91 Å². The Bertz CT molecular complexity index is 828. The number of carbonyl (C=O) groups excluding carboxylic acids is 2. The van der Waals surface area contributed by atoms with Gasteiger partial charge in [-0.05, 0) is 45.7 Å². The monoisotopic (exact) mass is 368 g/mol. The number of fused-ring (bicyclic) bond motifs is 1. The molecule has 0 radical (unpaired) electrons. The van der Waals surface area contributed by atoms with Gasteiger partial charge in [0.2, 0.25) is 5.91 Å². The summed E-state index contributed by atoms with van der Waals surface area (Å²) in [5.41, 5.74) is 1.46. The molecule has 1 aliphatic rings. The van der Waals surface area contributed by atoms with Crippen molar-refractivity contribution in [1.29, 1.82) is 0 Å². The molecule has 0 bridgehead atoms. The molecule has 0 aliphatic carbocycles. The first-order valence-electron chi connectivity index (χ1n) is 9.73. The summed E-state index contributed by atoms with van der Waals surface area (Å²) in [6.45, 7) is 8.06. The summed E-state index contributed by atoms with van der Waals surface area (Å²) in [5, 5.41) is 3.79. The maximum absolute atomic E-state index is 13.3. The van der Waals surface area contributed by atoms with Crippen LogP contribution in [0.5, 0.6) is 0 Å². The number of nitrogens with one attached hydrogen (secondary N) is 1. The molecule has 1 aromatic carbocycles. The highest BCUT2D eigenvalue weighted by Gasteiger charge is 2.26. The standard InChI is InChI=1S/C21H28N4O2/c1-4-24(14-19(26)22-15(2)3)21(27)17-13-16-9-5-6-10-18(16)23-20(17)25-11-7-8-12-25/h5-6,9-10,13,15H,4,7-8,11-12,14H2,1-3H3,(H,22,26). The van der Waals surface area contributed by atoms with Crippen molar-refractivity contribution in [2.24, 2.45) is 0 Å². The number of benzene rings is 1. The van der Waals surface area contributed by atoms with Crippen molar-refractivity contribution in [2.75, 3.05) is 31.1 Å². The molecule has 1 aromatic heterocycles. The number of para-hydroxylation sites is 1. The van der Waals surface area contributed by atoms with Gasteiger partial charge < -0.3 is 15.1 Å². The molecule has 0 unspecified atom stereocenters. The van der Waals surface area contributed by atoms with E-state index in [4.69, 9.17) is 4.98 Å². The summed E-state index contributed by atoms with van der Waals surface area (Å²) < 4.78 is 0. The van der Waals surface area contributed by atoms with Crippen LogP contribution in [0.15, 0.2) is 30.3 Å². The number of hydrogen-bond donors (Lipinski definition) is 1. The molecule has 0 saturated carbocycles. The van der Waals surface area contributed by atoms with Crippen molar-refractivity contribution in [2.45, 2.75) is 39.7 Å². The third-order valence-electron chi connectivity index (χ3n) is 4.79. The first-order valence-corrected chi connectivity index (χ1v) is 9.73. The summed E-state index contributed by atoms with van der Waals surface area (Å²) in [4.78, 5) is 34.0. The number of nitrogens with zero attached hydrogens (tertiary/aromatic N) is 3. The van der Waals surface area contributed by atoms with Gasteiger partial charge in [0.1, 0.15) is 5.82 Å². The van der Waals surface area contributed by atoms with Crippen LogP contribution in [-0.4, -0.2) is 53.9 Å². The van der Waals surface area contributed by atoms with E-state index in [9.17, 15) is 9.59 Å². The number of pyridine rings is 1. The zero-order chi connectivity index (χ0) is 19.4. The Morgan fingerprint density at radius 1 is 1.22 bits per heavy atom. The maximum atomic E-state index is 13.3. The number of amides is 2. The molecule has 2 aromatic rings. The third kappa shape index (κ3) is 4.38. The molecule has 0 spiro atoms. The molecule has 6 nitrogen and oxygen atoms in total. The Kier molecular flexibility index (Phi) is 5.94. The van der Waals surface area contributed by atoms with Crippen molar-refractivity contribution < 1.29 is 9.59 Å². The molecule has 3 rings (SSSR count). The summed E-state index contributed by atoms with van der Waals surface area (Å²) in [7, 11) is 0. The second-order valence-electron chi connectivity index (χ2n) is 7.29. The zero-order valence-corrected chi connectivity index (χ0v) is 16.4. The highest BCUT2D eigenvalue weighted by molar-refractivity contribution is 6.03. The first-order chi connectivity index (χ1) is 13.0. The molecule has 1 N–H and O–H groups in total. The van der Waals surface area contributed by atoms with Gasteiger partial charge in [-0.15, -0.1) is 0 Å². The van der Waals surface area contributed by atoms with Crippen LogP contribution in [0.4, 0.5) is 5.82 Å². The Morgan fingerprint density at radius 2 is 1.93 bits per heavy atom. The summed E-state index contributed by atoms with van der Waals surface area (Å²) in [5.74, 6) is 0.451. The van der Waals surface area contributed by atoms with E-state index in [0.717, 1.165) is 42.7 Å². The van der Waals surface area contributed by atoms with Crippen molar-refractivity contribution in [3.05, 3.63) is 35.9 Å². The van der Waals surface area contributed by atoms with Gasteiger partial charge in [-0.3, -0.25) is 9.59 Å². The number of hydrogen-bond acceptors (Lipinski definition) is 4. The van der Waals surface area contributed by atoms with Gasteiger partial charge in [0.05, 0.1) is 17.6 Å². The van der Waals surface area contributed by atoms with Crippen LogP contribution in [0.25, 0.3) is 10.9 Å². The Balaban J connectivity index is 1.95. The molecular weight excluding hydrogens is 340 g/mol. The lowest BCUT2D eigenvalue weighted by Gasteiger charge is -2.25. The molecule has 1 fully saturated rings. The highest BCUT2D eigenvalue weighted by atomic mass is 16.2. The predicted molar refractivity (Wildman–Crippen MR) is 108 cm³/mol. The van der Waals surface area contributed by atoms with E-state index in [-0.39, 0.29) is 24.4 Å². The van der Waals surface area contributed by atoms with Gasteiger partial charge in [-0.2, -0.15) is 0 Å². The van der Waals surface area contributed by atoms with Gasteiger partial charge >= 0.3 is 0 Å². The molecule has 6 heteroatoms. The van der Waals surface area contributed by atoms with Crippen molar-refractivity contribution in [3.63, 3.8) is 0 Å². The molecule has 2 heterocycles. The smallest absolute Gasteiger partial charge is 0.258 e. The van der Waals surface area contributed by atoms with Crippen LogP contribution >= 0.6 is 0 Å². The second kappa shape index (κ2) is 8.37. The summed E-state index contributed by atoms with van der Waals surface area (Å²) >= 11 is 0. The van der Waals surface area contributed by atoms with Crippen molar-refractivity contribution in [1.82, 2.24) is 15.2 Å². The minimum atomic E-state index is -0.142. The van der Waals surface area contributed by atoms with E-state index in [0.29, 0.717) is 12.1 Å². The quantitative estimate of drug-likeness (QED) is 0.851. The third-order valence-corrected chi connectivity index (χ3v) is 4.79. The second-order valence-corrected chi connectivity index (χ2v) is 7.29. The van der Waals surface area contributed by atoms with Crippen LogP contribution in [0.3, 0.4) is 0 Å². The predicted octanol–water partition coefficient (Wildman–Crippen LogP) is 2.82. The highest BCUT2D eigenvalue weighted by Crippen LogP contribution is 2.27. The molecule has 1 saturated heterocycles. The number of rotatable bonds is 6. The minimum absolute atomic E-state index is 0.0498. The van der Waals surface area contributed by atoms with E-state index < -0.39 is 0 Å². The average Bonchev–Trinajstić information content (AvgIpc) is 3.18. The average molecular weight is 368 g/mol. The number of aromatic nitrogens is 1. The molecule has 1 aliphatic heterocycles. The number of likely N-dealkylation sites (N-methyl/N-ethyl adjacent to an activating group) is 1. The first kappa shape index (κ1) is 19.1. The van der Waals surface area contributed by atoms with Crippen molar-refractivity contribution >= 4 is 28.5 Å². The molecule has 0 atom stereocenters. The Hall–Kier alpha value is -2.63. The normalized spacial score (nSPS) is 14.0. The molecule has 2 amide bonds. The van der Waals surface area contributed by atoms with Crippen LogP contribution in [0.1, 0.15) is 44.0 Å². The van der Waals surface area contributed by atoms with Crippen LogP contribution in [0, 0.1) is 0 Å². The van der Waals surface area contributed by atoms with E-state index in [1.54, 1.807) is 4.90 Å². The SMILES string of the molecule is CCN(CC(=O)NC(C)C)C(=O)c1cc2ccccc2nc1N1CCCC1. The largest absolute Gasteiger partial charge is 0.356 e.